The van der Waals surface area contributed by atoms with Gasteiger partial charge < -0.3 is 9.80 Å². The van der Waals surface area contributed by atoms with E-state index in [2.05, 4.69) is 32.1 Å². The van der Waals surface area contributed by atoms with Crippen LogP contribution in [0.2, 0.25) is 0 Å². The van der Waals surface area contributed by atoms with Gasteiger partial charge in [0, 0.05) is 38.0 Å². The van der Waals surface area contributed by atoms with Crippen molar-refractivity contribution in [3.05, 3.63) is 17.8 Å². The molecule has 1 aromatic rings. The van der Waals surface area contributed by atoms with Crippen molar-refractivity contribution in [1.82, 2.24) is 15.1 Å². The number of hydrogen-bond acceptors (Lipinski definition) is 4. The fourth-order valence-electron chi connectivity index (χ4n) is 3.69. The lowest BCUT2D eigenvalue weighted by molar-refractivity contribution is -0.135. The topological polar surface area (TPSA) is 49.3 Å². The molecule has 0 aromatic carbocycles. The predicted octanol–water partition coefficient (Wildman–Crippen LogP) is 2.19. The highest BCUT2D eigenvalue weighted by Gasteiger charge is 2.30. The number of nitrogens with zero attached hydrogens (tertiary/aromatic N) is 4. The van der Waals surface area contributed by atoms with Crippen LogP contribution in [-0.4, -0.2) is 47.2 Å². The molecule has 4 rings (SSSR count). The van der Waals surface area contributed by atoms with E-state index < -0.39 is 0 Å². The van der Waals surface area contributed by atoms with Crippen LogP contribution in [0.5, 0.6) is 0 Å². The molecule has 0 unspecified atom stereocenters. The van der Waals surface area contributed by atoms with Gasteiger partial charge >= 0.3 is 0 Å². The molecular weight excluding hydrogens is 276 g/mol. The third-order valence-electron chi connectivity index (χ3n) is 5.29. The molecule has 0 spiro atoms. The fourth-order valence-corrected chi connectivity index (χ4v) is 3.69. The van der Waals surface area contributed by atoms with Gasteiger partial charge in [0.2, 0.25) is 5.91 Å². The molecule has 1 aliphatic heterocycles. The lowest BCUT2D eigenvalue weighted by atomic mass is 10.1. The third-order valence-corrected chi connectivity index (χ3v) is 5.29. The van der Waals surface area contributed by atoms with Gasteiger partial charge in [-0.05, 0) is 37.8 Å². The van der Waals surface area contributed by atoms with Crippen molar-refractivity contribution in [2.24, 2.45) is 5.92 Å². The fraction of sp³-hybridized carbons (Fsp3) is 0.706. The van der Waals surface area contributed by atoms with Crippen molar-refractivity contribution in [3.63, 3.8) is 0 Å². The Kier molecular flexibility index (Phi) is 3.72. The molecule has 0 atom stereocenters. The minimum atomic E-state index is 0.296. The molecule has 1 amide bonds. The normalized spacial score (nSPS) is 23.1. The Bertz CT molecular complexity index is 526. The molecule has 1 saturated heterocycles. The van der Waals surface area contributed by atoms with E-state index in [1.165, 1.54) is 25.7 Å². The van der Waals surface area contributed by atoms with Gasteiger partial charge in [-0.25, -0.2) is 0 Å². The third kappa shape index (κ3) is 2.81. The molecule has 2 heterocycles. The number of aromatic nitrogens is 2. The predicted molar refractivity (Wildman–Crippen MR) is 84.8 cm³/mol. The molecule has 1 aromatic heterocycles. The molecule has 118 valence electrons. The number of anilines is 1. The molecule has 5 nitrogen and oxygen atoms in total. The average molecular weight is 300 g/mol. The molecule has 2 saturated carbocycles. The van der Waals surface area contributed by atoms with E-state index in [1.807, 2.05) is 0 Å². The van der Waals surface area contributed by atoms with Crippen molar-refractivity contribution in [1.29, 1.82) is 0 Å². The summed E-state index contributed by atoms with van der Waals surface area (Å²) >= 11 is 0. The maximum absolute atomic E-state index is 12.4. The summed E-state index contributed by atoms with van der Waals surface area (Å²) in [6.07, 6.45) is 7.14. The second kappa shape index (κ2) is 5.86. The first-order valence-electron chi connectivity index (χ1n) is 8.68. The molecule has 22 heavy (non-hydrogen) atoms. The minimum Gasteiger partial charge on any atom is -0.352 e. The first kappa shape index (κ1) is 14.0. The summed E-state index contributed by atoms with van der Waals surface area (Å²) in [7, 11) is 0. The Morgan fingerprint density at radius 3 is 2.27 bits per heavy atom. The Labute approximate surface area is 131 Å². The Hall–Kier alpha value is -1.65. The Balaban J connectivity index is 1.33. The number of carbonyl (C=O) groups is 1. The van der Waals surface area contributed by atoms with Crippen LogP contribution in [0.3, 0.4) is 0 Å². The van der Waals surface area contributed by atoms with E-state index in [0.717, 1.165) is 50.5 Å². The highest BCUT2D eigenvalue weighted by Crippen LogP contribution is 2.38. The van der Waals surface area contributed by atoms with Gasteiger partial charge in [-0.15, -0.1) is 5.10 Å². The van der Waals surface area contributed by atoms with E-state index >= 15 is 0 Å². The maximum Gasteiger partial charge on any atom is 0.225 e. The number of piperazine rings is 1. The zero-order chi connectivity index (χ0) is 14.9. The lowest BCUT2D eigenvalue weighted by Crippen LogP contribution is -2.50. The summed E-state index contributed by atoms with van der Waals surface area (Å²) < 4.78 is 0. The summed E-state index contributed by atoms with van der Waals surface area (Å²) in [6, 6.07) is 4.21. The molecule has 5 heteroatoms. The van der Waals surface area contributed by atoms with Crippen molar-refractivity contribution in [2.75, 3.05) is 31.1 Å². The van der Waals surface area contributed by atoms with Gasteiger partial charge in [-0.2, -0.15) is 5.10 Å². The average Bonchev–Trinajstić information content (AvgIpc) is 3.29. The van der Waals surface area contributed by atoms with E-state index in [0.29, 0.717) is 17.7 Å². The van der Waals surface area contributed by atoms with Crippen LogP contribution >= 0.6 is 0 Å². The van der Waals surface area contributed by atoms with Crippen LogP contribution in [0.4, 0.5) is 5.82 Å². The quantitative estimate of drug-likeness (QED) is 0.858. The highest BCUT2D eigenvalue weighted by atomic mass is 16.2. The molecular formula is C17H24N4O. The molecule has 3 aliphatic rings. The van der Waals surface area contributed by atoms with Gasteiger partial charge in [0.1, 0.15) is 0 Å². The maximum atomic E-state index is 12.4. The molecule has 2 aliphatic carbocycles. The summed E-state index contributed by atoms with van der Waals surface area (Å²) in [5.41, 5.74) is 1.14. The van der Waals surface area contributed by atoms with Gasteiger partial charge in [0.25, 0.3) is 0 Å². The second-order valence-corrected chi connectivity index (χ2v) is 6.88. The Morgan fingerprint density at radius 1 is 0.955 bits per heavy atom. The standard InChI is InChI=1S/C17H24N4O/c22-17(14-3-1-2-4-14)21-11-9-20(10-12-21)16-8-7-15(18-19-16)13-5-6-13/h7-8,13-14H,1-6,9-12H2. The van der Waals surface area contributed by atoms with Gasteiger partial charge in [0.05, 0.1) is 5.69 Å². The second-order valence-electron chi connectivity index (χ2n) is 6.88. The minimum absolute atomic E-state index is 0.296. The monoisotopic (exact) mass is 300 g/mol. The van der Waals surface area contributed by atoms with E-state index in [9.17, 15) is 4.79 Å². The van der Waals surface area contributed by atoms with Crippen LogP contribution < -0.4 is 4.90 Å². The molecule has 3 fully saturated rings. The van der Waals surface area contributed by atoms with Crippen LogP contribution in [0, 0.1) is 5.92 Å². The first-order chi connectivity index (χ1) is 10.8. The highest BCUT2D eigenvalue weighted by molar-refractivity contribution is 5.79. The van der Waals surface area contributed by atoms with Crippen LogP contribution in [0.25, 0.3) is 0 Å². The summed E-state index contributed by atoms with van der Waals surface area (Å²) in [5, 5.41) is 8.74. The van der Waals surface area contributed by atoms with Gasteiger partial charge in [-0.3, -0.25) is 4.79 Å². The summed E-state index contributed by atoms with van der Waals surface area (Å²) in [5.74, 6) is 2.29. The smallest absolute Gasteiger partial charge is 0.225 e. The molecule has 0 bridgehead atoms. The first-order valence-corrected chi connectivity index (χ1v) is 8.68. The SMILES string of the molecule is O=C(C1CCCC1)N1CCN(c2ccc(C3CC3)nn2)CC1. The number of rotatable bonds is 3. The van der Waals surface area contributed by atoms with E-state index in [4.69, 9.17) is 0 Å². The Morgan fingerprint density at radius 2 is 1.68 bits per heavy atom. The van der Waals surface area contributed by atoms with Crippen LogP contribution in [0.15, 0.2) is 12.1 Å². The van der Waals surface area contributed by atoms with Crippen LogP contribution in [-0.2, 0) is 4.79 Å². The van der Waals surface area contributed by atoms with Crippen molar-refractivity contribution < 1.29 is 4.79 Å². The van der Waals surface area contributed by atoms with E-state index in [-0.39, 0.29) is 0 Å². The van der Waals surface area contributed by atoms with Crippen molar-refractivity contribution >= 4 is 11.7 Å². The zero-order valence-corrected chi connectivity index (χ0v) is 13.1. The number of amides is 1. The largest absolute Gasteiger partial charge is 0.352 e. The lowest BCUT2D eigenvalue weighted by Gasteiger charge is -2.36. The molecule has 0 radical (unpaired) electrons. The number of hydrogen-bond donors (Lipinski definition) is 0. The van der Waals surface area contributed by atoms with Gasteiger partial charge in [0.15, 0.2) is 5.82 Å². The summed E-state index contributed by atoms with van der Waals surface area (Å²) in [4.78, 5) is 16.8. The van der Waals surface area contributed by atoms with Crippen LogP contribution in [0.1, 0.15) is 50.1 Å². The summed E-state index contributed by atoms with van der Waals surface area (Å²) in [6.45, 7) is 3.38. The van der Waals surface area contributed by atoms with Gasteiger partial charge in [-0.1, -0.05) is 12.8 Å². The number of carbonyl (C=O) groups excluding carboxylic acids is 1. The van der Waals surface area contributed by atoms with Crippen molar-refractivity contribution in [3.8, 4) is 0 Å². The van der Waals surface area contributed by atoms with Crippen molar-refractivity contribution in [2.45, 2.75) is 44.4 Å². The molecule has 0 N–H and O–H groups in total. The zero-order valence-electron chi connectivity index (χ0n) is 13.1. The van der Waals surface area contributed by atoms with E-state index in [1.54, 1.807) is 0 Å².